The number of piperidine rings is 1. The average Bonchev–Trinajstić information content (AvgIpc) is 2.61. The van der Waals surface area contributed by atoms with Crippen LogP contribution < -0.4 is 5.32 Å². The second-order valence-corrected chi connectivity index (χ2v) is 6.56. The molecular weight excluding hydrogens is 354 g/mol. The first-order valence-electron chi connectivity index (χ1n) is 9.08. The Morgan fingerprint density at radius 3 is 2.31 bits per heavy atom. The van der Waals surface area contributed by atoms with Gasteiger partial charge in [0.15, 0.2) is 0 Å². The molecule has 1 saturated heterocycles. The zero-order valence-corrected chi connectivity index (χ0v) is 16.4. The van der Waals surface area contributed by atoms with E-state index in [1.807, 2.05) is 36.1 Å². The van der Waals surface area contributed by atoms with Crippen molar-refractivity contribution in [2.45, 2.75) is 39.2 Å². The third kappa shape index (κ3) is 6.94. The Morgan fingerprint density at radius 1 is 1.19 bits per heavy atom. The standard InChI is InChI=1S/C19H29N3O3.ClH/c1-3-15-5-7-16(8-6-15)20-18(23)13-21-11-9-17(10-12-21)22(4-2)14-19(24)25;/h5-8,17H,3-4,9-14H2,1-2H3,(H,20,23)(H,24,25);1H. The van der Waals surface area contributed by atoms with Gasteiger partial charge in [-0.2, -0.15) is 0 Å². The molecule has 0 aliphatic carbocycles. The first kappa shape index (κ1) is 22.4. The number of likely N-dealkylation sites (N-methyl/N-ethyl adjacent to an activating group) is 1. The molecule has 0 aromatic heterocycles. The molecule has 1 heterocycles. The number of hydrogen-bond acceptors (Lipinski definition) is 4. The Balaban J connectivity index is 0.00000338. The molecule has 1 aliphatic heterocycles. The van der Waals surface area contributed by atoms with E-state index in [1.165, 1.54) is 5.56 Å². The number of likely N-dealkylation sites (tertiary alicyclic amines) is 1. The molecule has 0 bridgehead atoms. The Labute approximate surface area is 162 Å². The van der Waals surface area contributed by atoms with Crippen molar-refractivity contribution in [3.8, 4) is 0 Å². The zero-order chi connectivity index (χ0) is 18.2. The van der Waals surface area contributed by atoms with Crippen LogP contribution in [0.2, 0.25) is 0 Å². The monoisotopic (exact) mass is 383 g/mol. The molecule has 0 unspecified atom stereocenters. The molecule has 1 aliphatic rings. The van der Waals surface area contributed by atoms with Gasteiger partial charge in [0, 0.05) is 24.8 Å². The van der Waals surface area contributed by atoms with Crippen LogP contribution >= 0.6 is 12.4 Å². The number of nitrogens with zero attached hydrogens (tertiary/aromatic N) is 2. The molecule has 0 radical (unpaired) electrons. The molecule has 1 aromatic carbocycles. The Kier molecular flexibility index (Phi) is 9.62. The number of aryl methyl sites for hydroxylation is 1. The van der Waals surface area contributed by atoms with Crippen molar-refractivity contribution < 1.29 is 14.7 Å². The van der Waals surface area contributed by atoms with Gasteiger partial charge in [0.2, 0.25) is 5.91 Å². The van der Waals surface area contributed by atoms with Gasteiger partial charge in [0.25, 0.3) is 0 Å². The maximum atomic E-state index is 12.2. The number of aliphatic carboxylic acids is 1. The minimum absolute atomic E-state index is 0. The van der Waals surface area contributed by atoms with E-state index < -0.39 is 5.97 Å². The Bertz CT molecular complexity index is 572. The van der Waals surface area contributed by atoms with Crippen molar-refractivity contribution in [1.82, 2.24) is 9.80 Å². The summed E-state index contributed by atoms with van der Waals surface area (Å²) >= 11 is 0. The molecule has 26 heavy (non-hydrogen) atoms. The maximum Gasteiger partial charge on any atom is 0.317 e. The third-order valence-electron chi connectivity index (χ3n) is 4.83. The number of carbonyl (C=O) groups is 2. The first-order chi connectivity index (χ1) is 12.0. The van der Waals surface area contributed by atoms with Crippen LogP contribution in [0, 0.1) is 0 Å². The highest BCUT2D eigenvalue weighted by Crippen LogP contribution is 2.16. The van der Waals surface area contributed by atoms with Gasteiger partial charge in [-0.05, 0) is 43.5 Å². The summed E-state index contributed by atoms with van der Waals surface area (Å²) in [5.74, 6) is -0.779. The number of hydrogen-bond donors (Lipinski definition) is 2. The van der Waals surface area contributed by atoms with Crippen LogP contribution in [0.3, 0.4) is 0 Å². The van der Waals surface area contributed by atoms with Gasteiger partial charge in [-0.3, -0.25) is 19.4 Å². The van der Waals surface area contributed by atoms with Gasteiger partial charge < -0.3 is 10.4 Å². The third-order valence-corrected chi connectivity index (χ3v) is 4.83. The highest BCUT2D eigenvalue weighted by atomic mass is 35.5. The normalized spacial score (nSPS) is 15.5. The Morgan fingerprint density at radius 2 is 1.81 bits per heavy atom. The molecule has 146 valence electrons. The van der Waals surface area contributed by atoms with E-state index >= 15 is 0 Å². The lowest BCUT2D eigenvalue weighted by Crippen LogP contribution is -2.48. The van der Waals surface area contributed by atoms with E-state index in [-0.39, 0.29) is 24.9 Å². The quantitative estimate of drug-likeness (QED) is 0.721. The van der Waals surface area contributed by atoms with Gasteiger partial charge in [0.05, 0.1) is 13.1 Å². The summed E-state index contributed by atoms with van der Waals surface area (Å²) in [5, 5.41) is 11.9. The van der Waals surface area contributed by atoms with Crippen molar-refractivity contribution >= 4 is 30.0 Å². The number of carboxylic acid groups (broad SMARTS) is 1. The highest BCUT2D eigenvalue weighted by molar-refractivity contribution is 5.92. The van der Waals surface area contributed by atoms with Crippen molar-refractivity contribution in [1.29, 1.82) is 0 Å². The largest absolute Gasteiger partial charge is 0.480 e. The van der Waals surface area contributed by atoms with Gasteiger partial charge in [-0.1, -0.05) is 26.0 Å². The molecule has 0 saturated carbocycles. The molecular formula is C19H30ClN3O3. The van der Waals surface area contributed by atoms with Crippen LogP contribution in [0.1, 0.15) is 32.3 Å². The highest BCUT2D eigenvalue weighted by Gasteiger charge is 2.25. The van der Waals surface area contributed by atoms with Crippen LogP contribution in [0.4, 0.5) is 5.69 Å². The molecule has 2 rings (SSSR count). The van der Waals surface area contributed by atoms with Crippen molar-refractivity contribution in [3.05, 3.63) is 29.8 Å². The predicted octanol–water partition coefficient (Wildman–Crippen LogP) is 2.48. The smallest absolute Gasteiger partial charge is 0.317 e. The van der Waals surface area contributed by atoms with Gasteiger partial charge in [-0.25, -0.2) is 0 Å². The van der Waals surface area contributed by atoms with E-state index in [4.69, 9.17) is 5.11 Å². The van der Waals surface area contributed by atoms with E-state index in [1.54, 1.807) is 0 Å². The van der Waals surface area contributed by atoms with E-state index in [0.29, 0.717) is 12.6 Å². The first-order valence-corrected chi connectivity index (χ1v) is 9.08. The lowest BCUT2D eigenvalue weighted by molar-refractivity contribution is -0.139. The van der Waals surface area contributed by atoms with Crippen LogP contribution in [-0.4, -0.2) is 65.5 Å². The topological polar surface area (TPSA) is 72.9 Å². The summed E-state index contributed by atoms with van der Waals surface area (Å²) in [6, 6.07) is 8.23. The van der Waals surface area contributed by atoms with Crippen molar-refractivity contribution in [2.24, 2.45) is 0 Å². The number of amides is 1. The van der Waals surface area contributed by atoms with E-state index in [2.05, 4.69) is 17.1 Å². The molecule has 0 spiro atoms. The van der Waals surface area contributed by atoms with Crippen LogP contribution in [0.15, 0.2) is 24.3 Å². The lowest BCUT2D eigenvalue weighted by atomic mass is 10.0. The molecule has 1 aromatic rings. The molecule has 0 atom stereocenters. The number of carbonyl (C=O) groups excluding carboxylic acids is 1. The number of anilines is 1. The molecule has 1 amide bonds. The number of halogens is 1. The van der Waals surface area contributed by atoms with E-state index in [0.717, 1.165) is 44.6 Å². The summed E-state index contributed by atoms with van der Waals surface area (Å²) in [4.78, 5) is 27.3. The summed E-state index contributed by atoms with van der Waals surface area (Å²) in [6.45, 7) is 6.96. The number of carboxylic acids is 1. The fraction of sp³-hybridized carbons (Fsp3) is 0.579. The van der Waals surface area contributed by atoms with Gasteiger partial charge >= 0.3 is 5.97 Å². The maximum absolute atomic E-state index is 12.2. The fourth-order valence-electron chi connectivity index (χ4n) is 3.34. The summed E-state index contributed by atoms with van der Waals surface area (Å²) in [7, 11) is 0. The minimum Gasteiger partial charge on any atom is -0.480 e. The fourth-order valence-corrected chi connectivity index (χ4v) is 3.34. The molecule has 6 nitrogen and oxygen atoms in total. The molecule has 2 N–H and O–H groups in total. The Hall–Kier alpha value is -1.63. The van der Waals surface area contributed by atoms with E-state index in [9.17, 15) is 9.59 Å². The van der Waals surface area contributed by atoms with Crippen LogP contribution in [-0.2, 0) is 16.0 Å². The van der Waals surface area contributed by atoms with Crippen LogP contribution in [0.5, 0.6) is 0 Å². The summed E-state index contributed by atoms with van der Waals surface area (Å²) in [5.41, 5.74) is 2.08. The SMILES string of the molecule is CCc1ccc(NC(=O)CN2CCC(N(CC)CC(=O)O)CC2)cc1.Cl. The van der Waals surface area contributed by atoms with Crippen LogP contribution in [0.25, 0.3) is 0 Å². The summed E-state index contributed by atoms with van der Waals surface area (Å²) in [6.07, 6.45) is 2.79. The second-order valence-electron chi connectivity index (χ2n) is 6.56. The predicted molar refractivity (Wildman–Crippen MR) is 106 cm³/mol. The lowest BCUT2D eigenvalue weighted by Gasteiger charge is -2.37. The molecule has 1 fully saturated rings. The minimum atomic E-state index is -0.780. The zero-order valence-electron chi connectivity index (χ0n) is 15.6. The average molecular weight is 384 g/mol. The van der Waals surface area contributed by atoms with Gasteiger partial charge in [-0.15, -0.1) is 12.4 Å². The molecule has 7 heteroatoms. The number of nitrogens with one attached hydrogen (secondary N) is 1. The number of rotatable bonds is 8. The van der Waals surface area contributed by atoms with Crippen molar-refractivity contribution in [3.63, 3.8) is 0 Å². The van der Waals surface area contributed by atoms with Gasteiger partial charge in [0.1, 0.15) is 0 Å². The number of benzene rings is 1. The van der Waals surface area contributed by atoms with Crippen molar-refractivity contribution in [2.75, 3.05) is 38.0 Å². The second kappa shape index (κ2) is 11.2. The summed E-state index contributed by atoms with van der Waals surface area (Å²) < 4.78 is 0.